The molecule has 7 heteroatoms. The Labute approximate surface area is 121 Å². The van der Waals surface area contributed by atoms with E-state index in [2.05, 4.69) is 25.7 Å². The molecule has 0 radical (unpaired) electrons. The highest BCUT2D eigenvalue weighted by molar-refractivity contribution is 9.10. The first-order valence-electron chi connectivity index (χ1n) is 4.83. The number of methoxy groups -OCH3 is 1. The molecule has 0 saturated carbocycles. The van der Waals surface area contributed by atoms with Crippen LogP contribution in [0.4, 0.5) is 5.13 Å². The highest BCUT2D eigenvalue weighted by atomic mass is 79.9. The molecular formula is C11H8BrClN2O2S. The van der Waals surface area contributed by atoms with Gasteiger partial charge >= 0.3 is 5.97 Å². The number of hydrogen-bond donors (Lipinski definition) is 1. The van der Waals surface area contributed by atoms with Crippen molar-refractivity contribution in [3.05, 3.63) is 33.4 Å². The number of hydrogen-bond acceptors (Lipinski definition) is 5. The second-order valence-electron chi connectivity index (χ2n) is 3.35. The first-order valence-corrected chi connectivity index (χ1v) is 6.81. The summed E-state index contributed by atoms with van der Waals surface area (Å²) in [6, 6.07) is 5.35. The van der Waals surface area contributed by atoms with E-state index >= 15 is 0 Å². The van der Waals surface area contributed by atoms with E-state index in [1.807, 2.05) is 12.1 Å². The summed E-state index contributed by atoms with van der Waals surface area (Å²) in [5, 5.41) is 0.813. The molecule has 0 amide bonds. The van der Waals surface area contributed by atoms with E-state index in [0.717, 1.165) is 4.47 Å². The quantitative estimate of drug-likeness (QED) is 0.843. The van der Waals surface area contributed by atoms with Gasteiger partial charge in [-0.3, -0.25) is 0 Å². The molecule has 0 unspecified atom stereocenters. The number of carbonyl (C=O) groups is 1. The number of anilines is 1. The van der Waals surface area contributed by atoms with Gasteiger partial charge < -0.3 is 10.5 Å². The molecule has 1 aromatic carbocycles. The molecule has 94 valence electrons. The average molecular weight is 348 g/mol. The summed E-state index contributed by atoms with van der Waals surface area (Å²) < 4.78 is 5.53. The predicted molar refractivity (Wildman–Crippen MR) is 76.0 cm³/mol. The standard InChI is InChI=1S/C11H8BrClN2O2S/c1-17-10(16)8-9(18-11(14)15-8)6-4-5(12)2-3-7(6)13/h2-4H,1H3,(H2,14,15). The molecule has 2 N–H and O–H groups in total. The maximum Gasteiger partial charge on any atom is 0.358 e. The lowest BCUT2D eigenvalue weighted by atomic mass is 10.1. The summed E-state index contributed by atoms with van der Waals surface area (Å²) in [6.07, 6.45) is 0. The smallest absolute Gasteiger partial charge is 0.358 e. The molecular weight excluding hydrogens is 340 g/mol. The average Bonchev–Trinajstić information content (AvgIpc) is 2.73. The minimum atomic E-state index is -0.533. The molecule has 0 spiro atoms. The molecule has 0 saturated heterocycles. The van der Waals surface area contributed by atoms with Gasteiger partial charge in [-0.2, -0.15) is 0 Å². The van der Waals surface area contributed by atoms with Crippen LogP contribution in [-0.2, 0) is 4.74 Å². The largest absolute Gasteiger partial charge is 0.464 e. The third kappa shape index (κ3) is 2.50. The van der Waals surface area contributed by atoms with Gasteiger partial charge in [0.15, 0.2) is 10.8 Å². The van der Waals surface area contributed by atoms with E-state index in [1.165, 1.54) is 18.4 Å². The number of nitrogen functional groups attached to an aromatic ring is 1. The van der Waals surface area contributed by atoms with Crippen LogP contribution in [-0.4, -0.2) is 18.1 Å². The molecule has 4 nitrogen and oxygen atoms in total. The third-order valence-electron chi connectivity index (χ3n) is 2.20. The van der Waals surface area contributed by atoms with Gasteiger partial charge in [-0.05, 0) is 18.2 Å². The molecule has 2 rings (SSSR count). The van der Waals surface area contributed by atoms with Gasteiger partial charge in [-0.1, -0.05) is 38.9 Å². The van der Waals surface area contributed by atoms with Crippen molar-refractivity contribution in [1.29, 1.82) is 0 Å². The molecule has 0 aliphatic heterocycles. The van der Waals surface area contributed by atoms with Crippen molar-refractivity contribution >= 4 is 50.0 Å². The zero-order chi connectivity index (χ0) is 13.3. The van der Waals surface area contributed by atoms with E-state index in [-0.39, 0.29) is 5.69 Å². The van der Waals surface area contributed by atoms with Gasteiger partial charge in [-0.25, -0.2) is 9.78 Å². The van der Waals surface area contributed by atoms with Crippen LogP contribution >= 0.6 is 38.9 Å². The van der Waals surface area contributed by atoms with Gasteiger partial charge in [0.25, 0.3) is 0 Å². The Morgan fingerprint density at radius 3 is 2.94 bits per heavy atom. The van der Waals surface area contributed by atoms with Gasteiger partial charge in [0.05, 0.1) is 12.0 Å². The molecule has 0 aliphatic rings. The topological polar surface area (TPSA) is 65.2 Å². The van der Waals surface area contributed by atoms with E-state index in [4.69, 9.17) is 17.3 Å². The Bertz CT molecular complexity index is 615. The van der Waals surface area contributed by atoms with Gasteiger partial charge in [0.2, 0.25) is 0 Å². The first-order chi connectivity index (χ1) is 8.52. The van der Waals surface area contributed by atoms with E-state index in [1.54, 1.807) is 6.07 Å². The number of benzene rings is 1. The number of thiazole rings is 1. The van der Waals surface area contributed by atoms with Crippen LogP contribution in [0.15, 0.2) is 22.7 Å². The van der Waals surface area contributed by atoms with Crippen LogP contribution in [0.5, 0.6) is 0 Å². The summed E-state index contributed by atoms with van der Waals surface area (Å²) in [5.41, 5.74) is 6.52. The van der Waals surface area contributed by atoms with Crippen molar-refractivity contribution in [2.24, 2.45) is 0 Å². The number of carbonyl (C=O) groups excluding carboxylic acids is 1. The summed E-state index contributed by atoms with van der Waals surface area (Å²) >= 11 is 10.7. The van der Waals surface area contributed by atoms with Gasteiger partial charge in [0.1, 0.15) is 0 Å². The Kier molecular flexibility index (Phi) is 3.89. The normalized spacial score (nSPS) is 10.4. The van der Waals surface area contributed by atoms with Crippen molar-refractivity contribution in [2.45, 2.75) is 0 Å². The van der Waals surface area contributed by atoms with Crippen molar-refractivity contribution in [2.75, 3.05) is 12.8 Å². The first kappa shape index (κ1) is 13.3. The summed E-state index contributed by atoms with van der Waals surface area (Å²) in [6.45, 7) is 0. The minimum absolute atomic E-state index is 0.181. The number of rotatable bonds is 2. The molecule has 0 atom stereocenters. The van der Waals surface area contributed by atoms with Crippen LogP contribution in [0.3, 0.4) is 0 Å². The lowest BCUT2D eigenvalue weighted by Crippen LogP contribution is -2.03. The zero-order valence-corrected chi connectivity index (χ0v) is 12.4. The number of nitrogens with two attached hydrogens (primary N) is 1. The summed E-state index contributed by atoms with van der Waals surface area (Å²) in [4.78, 5) is 16.2. The molecule has 1 heterocycles. The molecule has 1 aromatic heterocycles. The van der Waals surface area contributed by atoms with Crippen molar-refractivity contribution in [3.8, 4) is 10.4 Å². The van der Waals surface area contributed by atoms with Crippen molar-refractivity contribution < 1.29 is 9.53 Å². The van der Waals surface area contributed by atoms with Crippen LogP contribution in [0, 0.1) is 0 Å². The number of nitrogens with zero attached hydrogens (tertiary/aromatic N) is 1. The molecule has 18 heavy (non-hydrogen) atoms. The Morgan fingerprint density at radius 2 is 2.28 bits per heavy atom. The fraction of sp³-hybridized carbons (Fsp3) is 0.0909. The Hall–Kier alpha value is -1.11. The van der Waals surface area contributed by atoms with E-state index in [0.29, 0.717) is 20.6 Å². The molecule has 0 fully saturated rings. The Balaban J connectivity index is 2.63. The highest BCUT2D eigenvalue weighted by Gasteiger charge is 2.21. The molecule has 0 bridgehead atoms. The fourth-order valence-electron chi connectivity index (χ4n) is 1.43. The number of ether oxygens (including phenoxy) is 1. The highest BCUT2D eigenvalue weighted by Crippen LogP contribution is 2.37. The summed E-state index contributed by atoms with van der Waals surface area (Å²) in [5.74, 6) is -0.533. The second-order valence-corrected chi connectivity index (χ2v) is 5.70. The van der Waals surface area contributed by atoms with Crippen LogP contribution in [0.1, 0.15) is 10.5 Å². The van der Waals surface area contributed by atoms with Crippen LogP contribution < -0.4 is 5.73 Å². The minimum Gasteiger partial charge on any atom is -0.464 e. The lowest BCUT2D eigenvalue weighted by molar-refractivity contribution is 0.0596. The van der Waals surface area contributed by atoms with Gasteiger partial charge in [-0.15, -0.1) is 0 Å². The number of aromatic nitrogens is 1. The van der Waals surface area contributed by atoms with Crippen molar-refractivity contribution in [3.63, 3.8) is 0 Å². The van der Waals surface area contributed by atoms with Crippen molar-refractivity contribution in [1.82, 2.24) is 4.98 Å². The monoisotopic (exact) mass is 346 g/mol. The molecule has 2 aromatic rings. The number of halogens is 2. The fourth-order valence-corrected chi connectivity index (χ4v) is 2.91. The summed E-state index contributed by atoms with van der Waals surface area (Å²) in [7, 11) is 1.30. The van der Waals surface area contributed by atoms with E-state index in [9.17, 15) is 4.79 Å². The zero-order valence-electron chi connectivity index (χ0n) is 9.24. The predicted octanol–water partition coefficient (Wildman–Crippen LogP) is 3.59. The number of esters is 1. The van der Waals surface area contributed by atoms with Crippen LogP contribution in [0.25, 0.3) is 10.4 Å². The SMILES string of the molecule is COC(=O)c1nc(N)sc1-c1cc(Br)ccc1Cl. The lowest BCUT2D eigenvalue weighted by Gasteiger charge is -2.04. The van der Waals surface area contributed by atoms with Gasteiger partial charge in [0, 0.05) is 15.1 Å². The maximum atomic E-state index is 11.6. The third-order valence-corrected chi connectivity index (χ3v) is 3.94. The Morgan fingerprint density at radius 1 is 1.56 bits per heavy atom. The molecule has 0 aliphatic carbocycles. The van der Waals surface area contributed by atoms with E-state index < -0.39 is 5.97 Å². The second kappa shape index (κ2) is 5.26. The van der Waals surface area contributed by atoms with Crippen LogP contribution in [0.2, 0.25) is 5.02 Å². The maximum absolute atomic E-state index is 11.6.